The highest BCUT2D eigenvalue weighted by molar-refractivity contribution is 4.94. The molecule has 3 nitrogen and oxygen atoms in total. The standard InChI is InChI=1S/C17H34N2O/c1-12-10-19(11-13(2)18(12)6)15-9-14(17(3,4)5)7-8-16(15)20/h12-16,20H,7-11H2,1-6H3. The minimum absolute atomic E-state index is 0.128. The summed E-state index contributed by atoms with van der Waals surface area (Å²) in [6, 6.07) is 1.54. The largest absolute Gasteiger partial charge is 0.391 e. The topological polar surface area (TPSA) is 26.7 Å². The lowest BCUT2D eigenvalue weighted by atomic mass is 9.69. The molecule has 1 aliphatic carbocycles. The van der Waals surface area contributed by atoms with Crippen LogP contribution in [0, 0.1) is 11.3 Å². The fourth-order valence-corrected chi connectivity index (χ4v) is 4.03. The van der Waals surface area contributed by atoms with E-state index in [2.05, 4.69) is 51.5 Å². The van der Waals surface area contributed by atoms with Gasteiger partial charge in [-0.1, -0.05) is 20.8 Å². The van der Waals surface area contributed by atoms with Crippen LogP contribution < -0.4 is 0 Å². The van der Waals surface area contributed by atoms with Gasteiger partial charge in [0, 0.05) is 31.2 Å². The van der Waals surface area contributed by atoms with E-state index in [1.165, 1.54) is 6.42 Å². The van der Waals surface area contributed by atoms with E-state index in [4.69, 9.17) is 0 Å². The molecular weight excluding hydrogens is 248 g/mol. The maximum atomic E-state index is 10.5. The SMILES string of the molecule is CC1CN(C2CC(C(C)(C)C)CCC2O)CC(C)N1C. The minimum atomic E-state index is -0.128. The average Bonchev–Trinajstić information content (AvgIpc) is 2.34. The number of likely N-dealkylation sites (N-methyl/N-ethyl adjacent to an activating group) is 1. The molecule has 0 aromatic rings. The van der Waals surface area contributed by atoms with E-state index >= 15 is 0 Å². The minimum Gasteiger partial charge on any atom is -0.391 e. The summed E-state index contributed by atoms with van der Waals surface area (Å²) in [4.78, 5) is 5.03. The van der Waals surface area contributed by atoms with Crippen LogP contribution in [-0.2, 0) is 0 Å². The zero-order valence-electron chi connectivity index (χ0n) is 14.3. The second-order valence-corrected chi connectivity index (χ2v) is 8.33. The summed E-state index contributed by atoms with van der Waals surface area (Å²) in [6.07, 6.45) is 3.19. The van der Waals surface area contributed by atoms with Crippen molar-refractivity contribution in [3.63, 3.8) is 0 Å². The Morgan fingerprint density at radius 2 is 1.55 bits per heavy atom. The molecule has 5 unspecified atom stereocenters. The number of aliphatic hydroxyl groups is 1. The molecule has 1 N–H and O–H groups in total. The molecule has 0 aromatic heterocycles. The van der Waals surface area contributed by atoms with Crippen LogP contribution in [0.4, 0.5) is 0 Å². The van der Waals surface area contributed by atoms with Crippen molar-refractivity contribution in [3.8, 4) is 0 Å². The summed E-state index contributed by atoms with van der Waals surface area (Å²) in [5.74, 6) is 0.737. The Morgan fingerprint density at radius 1 is 1.00 bits per heavy atom. The van der Waals surface area contributed by atoms with Gasteiger partial charge in [-0.3, -0.25) is 9.80 Å². The van der Waals surface area contributed by atoms with E-state index in [1.54, 1.807) is 0 Å². The number of piperazine rings is 1. The molecule has 118 valence electrons. The Labute approximate surface area is 125 Å². The number of aliphatic hydroxyl groups excluding tert-OH is 1. The normalized spacial score (nSPS) is 41.9. The zero-order chi connectivity index (χ0) is 15.1. The number of rotatable bonds is 1. The Hall–Kier alpha value is -0.120. The number of nitrogens with zero attached hydrogens (tertiary/aromatic N) is 2. The fraction of sp³-hybridized carbons (Fsp3) is 1.00. The van der Waals surface area contributed by atoms with E-state index in [-0.39, 0.29) is 6.10 Å². The first-order valence-electron chi connectivity index (χ1n) is 8.34. The molecular formula is C17H34N2O. The van der Waals surface area contributed by atoms with Crippen molar-refractivity contribution in [1.29, 1.82) is 0 Å². The molecule has 2 aliphatic rings. The first-order chi connectivity index (χ1) is 9.20. The average molecular weight is 282 g/mol. The van der Waals surface area contributed by atoms with E-state index in [0.717, 1.165) is 31.8 Å². The third-order valence-electron chi connectivity index (χ3n) is 5.86. The molecule has 1 saturated carbocycles. The second kappa shape index (κ2) is 5.94. The van der Waals surface area contributed by atoms with Crippen molar-refractivity contribution in [3.05, 3.63) is 0 Å². The lowest BCUT2D eigenvalue weighted by molar-refractivity contribution is -0.0522. The van der Waals surface area contributed by atoms with Gasteiger partial charge in [0.1, 0.15) is 0 Å². The Bertz CT molecular complexity index is 313. The van der Waals surface area contributed by atoms with Crippen LogP contribution >= 0.6 is 0 Å². The fourth-order valence-electron chi connectivity index (χ4n) is 4.03. The van der Waals surface area contributed by atoms with Gasteiger partial charge in [-0.05, 0) is 51.5 Å². The lowest BCUT2D eigenvalue weighted by Crippen LogP contribution is -2.60. The summed E-state index contributed by atoms with van der Waals surface area (Å²) >= 11 is 0. The van der Waals surface area contributed by atoms with Crippen LogP contribution in [0.5, 0.6) is 0 Å². The van der Waals surface area contributed by atoms with Crippen LogP contribution in [0.2, 0.25) is 0 Å². The molecule has 1 saturated heterocycles. The molecule has 0 spiro atoms. The van der Waals surface area contributed by atoms with Crippen molar-refractivity contribution < 1.29 is 5.11 Å². The number of hydrogen-bond acceptors (Lipinski definition) is 3. The van der Waals surface area contributed by atoms with Crippen LogP contribution in [-0.4, -0.2) is 59.3 Å². The maximum absolute atomic E-state index is 10.5. The molecule has 2 fully saturated rings. The van der Waals surface area contributed by atoms with Crippen molar-refractivity contribution in [2.45, 2.75) is 78.1 Å². The third-order valence-corrected chi connectivity index (χ3v) is 5.86. The maximum Gasteiger partial charge on any atom is 0.0695 e. The molecule has 0 amide bonds. The van der Waals surface area contributed by atoms with E-state index in [9.17, 15) is 5.11 Å². The van der Waals surface area contributed by atoms with Crippen molar-refractivity contribution in [2.24, 2.45) is 11.3 Å². The molecule has 20 heavy (non-hydrogen) atoms. The van der Waals surface area contributed by atoms with Crippen molar-refractivity contribution >= 4 is 0 Å². The van der Waals surface area contributed by atoms with Gasteiger partial charge in [0.05, 0.1) is 6.10 Å². The van der Waals surface area contributed by atoms with Gasteiger partial charge >= 0.3 is 0 Å². The summed E-state index contributed by atoms with van der Waals surface area (Å²) in [5, 5.41) is 10.5. The van der Waals surface area contributed by atoms with Crippen LogP contribution in [0.25, 0.3) is 0 Å². The molecule has 0 bridgehead atoms. The van der Waals surface area contributed by atoms with Gasteiger partial charge in [0.25, 0.3) is 0 Å². The molecule has 1 heterocycles. The summed E-state index contributed by atoms with van der Waals surface area (Å²) in [5.41, 5.74) is 0.363. The summed E-state index contributed by atoms with van der Waals surface area (Å²) < 4.78 is 0. The number of hydrogen-bond donors (Lipinski definition) is 1. The van der Waals surface area contributed by atoms with Crippen molar-refractivity contribution in [2.75, 3.05) is 20.1 Å². The molecule has 1 aliphatic heterocycles. The van der Waals surface area contributed by atoms with E-state index in [1.807, 2.05) is 0 Å². The molecule has 5 atom stereocenters. The molecule has 0 aromatic carbocycles. The van der Waals surface area contributed by atoms with Gasteiger partial charge in [-0.15, -0.1) is 0 Å². The predicted molar refractivity (Wildman–Crippen MR) is 84.9 cm³/mol. The van der Waals surface area contributed by atoms with Crippen LogP contribution in [0.15, 0.2) is 0 Å². The second-order valence-electron chi connectivity index (χ2n) is 8.33. The van der Waals surface area contributed by atoms with Gasteiger partial charge in [0.15, 0.2) is 0 Å². The monoisotopic (exact) mass is 282 g/mol. The summed E-state index contributed by atoms with van der Waals surface area (Å²) in [6.45, 7) is 13.8. The molecule has 2 rings (SSSR count). The highest BCUT2D eigenvalue weighted by Crippen LogP contribution is 2.40. The predicted octanol–water partition coefficient (Wildman–Crippen LogP) is 2.59. The lowest BCUT2D eigenvalue weighted by Gasteiger charge is -2.50. The van der Waals surface area contributed by atoms with Gasteiger partial charge in [-0.2, -0.15) is 0 Å². The molecule has 0 radical (unpaired) electrons. The Balaban J connectivity index is 2.06. The molecule has 3 heteroatoms. The highest BCUT2D eigenvalue weighted by atomic mass is 16.3. The zero-order valence-corrected chi connectivity index (χ0v) is 14.3. The first-order valence-corrected chi connectivity index (χ1v) is 8.34. The van der Waals surface area contributed by atoms with Crippen molar-refractivity contribution in [1.82, 2.24) is 9.80 Å². The quantitative estimate of drug-likeness (QED) is 0.801. The van der Waals surface area contributed by atoms with Crippen LogP contribution in [0.3, 0.4) is 0 Å². The smallest absolute Gasteiger partial charge is 0.0695 e. The van der Waals surface area contributed by atoms with Crippen LogP contribution in [0.1, 0.15) is 53.9 Å². The van der Waals surface area contributed by atoms with E-state index in [0.29, 0.717) is 23.5 Å². The Kier molecular flexibility index (Phi) is 4.83. The van der Waals surface area contributed by atoms with E-state index < -0.39 is 0 Å². The van der Waals surface area contributed by atoms with Gasteiger partial charge in [0.2, 0.25) is 0 Å². The highest BCUT2D eigenvalue weighted by Gasteiger charge is 2.40. The van der Waals surface area contributed by atoms with Gasteiger partial charge in [-0.25, -0.2) is 0 Å². The Morgan fingerprint density at radius 3 is 2.05 bits per heavy atom. The first kappa shape index (κ1) is 16.3. The third kappa shape index (κ3) is 3.37. The van der Waals surface area contributed by atoms with Gasteiger partial charge < -0.3 is 5.11 Å². The summed E-state index contributed by atoms with van der Waals surface area (Å²) in [7, 11) is 2.22.